The summed E-state index contributed by atoms with van der Waals surface area (Å²) >= 11 is 0. The predicted octanol–water partition coefficient (Wildman–Crippen LogP) is 1.63. The van der Waals surface area contributed by atoms with Crippen LogP contribution in [-0.4, -0.2) is 41.4 Å². The summed E-state index contributed by atoms with van der Waals surface area (Å²) in [5.74, 6) is 0.395. The van der Waals surface area contributed by atoms with Crippen LogP contribution in [0.5, 0.6) is 0 Å². The van der Waals surface area contributed by atoms with Crippen LogP contribution >= 0.6 is 0 Å². The molecule has 1 unspecified atom stereocenters. The number of ether oxygens (including phenoxy) is 1. The molecule has 1 spiro atoms. The molecule has 1 atom stereocenters. The van der Waals surface area contributed by atoms with Gasteiger partial charge in [0, 0.05) is 25.1 Å². The molecule has 0 aromatic rings. The summed E-state index contributed by atoms with van der Waals surface area (Å²) in [7, 11) is 0. The van der Waals surface area contributed by atoms with Gasteiger partial charge in [-0.1, -0.05) is 0 Å². The largest absolute Gasteiger partial charge is 0.444 e. The van der Waals surface area contributed by atoms with E-state index in [1.54, 1.807) is 4.90 Å². The number of aliphatic hydroxyl groups excluding tert-OH is 1. The number of carbonyl (C=O) groups is 1. The molecule has 2 aliphatic rings. The van der Waals surface area contributed by atoms with E-state index in [-0.39, 0.29) is 18.1 Å². The molecule has 92 valence electrons. The van der Waals surface area contributed by atoms with E-state index in [9.17, 15) is 4.79 Å². The van der Waals surface area contributed by atoms with Crippen LogP contribution < -0.4 is 0 Å². The standard InChI is InChI=1S/C12H21NO3/c1-11(2,3)16-10(15)13-7-12(8-13)5-4-9(12)6-14/h9,14H,4-8H2,1-3H3. The smallest absolute Gasteiger partial charge is 0.410 e. The zero-order valence-electron chi connectivity index (χ0n) is 10.3. The highest BCUT2D eigenvalue weighted by molar-refractivity contribution is 5.69. The SMILES string of the molecule is CC(C)(C)OC(=O)N1CC2(CCC2CO)C1. The van der Waals surface area contributed by atoms with Crippen LogP contribution in [0.25, 0.3) is 0 Å². The number of hydrogen-bond acceptors (Lipinski definition) is 3. The number of hydrogen-bond donors (Lipinski definition) is 1. The van der Waals surface area contributed by atoms with E-state index in [1.807, 2.05) is 20.8 Å². The minimum Gasteiger partial charge on any atom is -0.444 e. The first-order valence-corrected chi connectivity index (χ1v) is 5.95. The molecule has 2 rings (SSSR count). The molecule has 16 heavy (non-hydrogen) atoms. The molecule has 1 heterocycles. The molecule has 1 amide bonds. The highest BCUT2D eigenvalue weighted by atomic mass is 16.6. The first-order chi connectivity index (χ1) is 7.36. The normalized spacial score (nSPS) is 27.2. The van der Waals surface area contributed by atoms with Gasteiger partial charge < -0.3 is 14.7 Å². The van der Waals surface area contributed by atoms with Crippen molar-refractivity contribution in [2.24, 2.45) is 11.3 Å². The Bertz CT molecular complexity index is 287. The van der Waals surface area contributed by atoms with Crippen molar-refractivity contribution in [3.8, 4) is 0 Å². The highest BCUT2D eigenvalue weighted by Crippen LogP contribution is 2.52. The summed E-state index contributed by atoms with van der Waals surface area (Å²) in [6.07, 6.45) is 2.01. The van der Waals surface area contributed by atoms with Gasteiger partial charge in [0.05, 0.1) is 0 Å². The van der Waals surface area contributed by atoms with Crippen LogP contribution in [0.2, 0.25) is 0 Å². The molecule has 2 fully saturated rings. The molecule has 1 saturated heterocycles. The van der Waals surface area contributed by atoms with Crippen molar-refractivity contribution in [2.45, 2.75) is 39.2 Å². The highest BCUT2D eigenvalue weighted by Gasteiger charge is 2.56. The van der Waals surface area contributed by atoms with Crippen molar-refractivity contribution >= 4 is 6.09 Å². The van der Waals surface area contributed by atoms with Crippen molar-refractivity contribution in [1.82, 2.24) is 4.90 Å². The van der Waals surface area contributed by atoms with Gasteiger partial charge in [0.1, 0.15) is 5.60 Å². The monoisotopic (exact) mass is 227 g/mol. The van der Waals surface area contributed by atoms with Crippen molar-refractivity contribution in [1.29, 1.82) is 0 Å². The molecule has 1 saturated carbocycles. The Morgan fingerprint density at radius 3 is 2.50 bits per heavy atom. The van der Waals surface area contributed by atoms with E-state index in [2.05, 4.69) is 0 Å². The molecule has 4 nitrogen and oxygen atoms in total. The maximum atomic E-state index is 11.7. The topological polar surface area (TPSA) is 49.8 Å². The summed E-state index contributed by atoms with van der Waals surface area (Å²) in [5.41, 5.74) is -0.207. The van der Waals surface area contributed by atoms with E-state index in [0.717, 1.165) is 25.9 Å². The molecule has 1 N–H and O–H groups in total. The molecular formula is C12H21NO3. The summed E-state index contributed by atoms with van der Waals surface area (Å²) in [6.45, 7) is 7.39. The second-order valence-electron chi connectivity index (χ2n) is 6.12. The van der Waals surface area contributed by atoms with Crippen LogP contribution in [-0.2, 0) is 4.74 Å². The van der Waals surface area contributed by atoms with Gasteiger partial charge in [-0.2, -0.15) is 0 Å². The summed E-state index contributed by atoms with van der Waals surface area (Å²) in [4.78, 5) is 13.4. The van der Waals surface area contributed by atoms with E-state index in [0.29, 0.717) is 5.92 Å². The average molecular weight is 227 g/mol. The van der Waals surface area contributed by atoms with Gasteiger partial charge in [0.15, 0.2) is 0 Å². The van der Waals surface area contributed by atoms with Crippen molar-refractivity contribution in [2.75, 3.05) is 19.7 Å². The van der Waals surface area contributed by atoms with Crippen molar-refractivity contribution in [3.05, 3.63) is 0 Å². The predicted molar refractivity (Wildman–Crippen MR) is 60.0 cm³/mol. The number of amides is 1. The number of nitrogens with zero attached hydrogens (tertiary/aromatic N) is 1. The first kappa shape index (κ1) is 11.7. The zero-order chi connectivity index (χ0) is 12.0. The fourth-order valence-electron chi connectivity index (χ4n) is 2.63. The summed E-state index contributed by atoms with van der Waals surface area (Å²) < 4.78 is 5.30. The number of aliphatic hydroxyl groups is 1. The number of rotatable bonds is 1. The molecule has 0 radical (unpaired) electrons. The quantitative estimate of drug-likeness (QED) is 0.740. The van der Waals surface area contributed by atoms with Crippen LogP contribution in [0.4, 0.5) is 4.79 Å². The molecule has 0 aromatic carbocycles. The van der Waals surface area contributed by atoms with Gasteiger partial charge in [-0.25, -0.2) is 4.79 Å². The fourth-order valence-corrected chi connectivity index (χ4v) is 2.63. The number of carbonyl (C=O) groups excluding carboxylic acids is 1. The molecule has 0 aromatic heterocycles. The Morgan fingerprint density at radius 1 is 1.50 bits per heavy atom. The van der Waals surface area contributed by atoms with E-state index in [4.69, 9.17) is 9.84 Å². The van der Waals surface area contributed by atoms with Gasteiger partial charge in [-0.3, -0.25) is 0 Å². The molecule has 4 heteroatoms. The average Bonchev–Trinajstić information content (AvgIpc) is 1.96. The second-order valence-corrected chi connectivity index (χ2v) is 6.12. The Balaban J connectivity index is 1.82. The number of likely N-dealkylation sites (tertiary alicyclic amines) is 1. The van der Waals surface area contributed by atoms with Crippen molar-refractivity contribution < 1.29 is 14.6 Å². The van der Waals surface area contributed by atoms with Gasteiger partial charge >= 0.3 is 6.09 Å². The molecule has 1 aliphatic heterocycles. The van der Waals surface area contributed by atoms with Crippen molar-refractivity contribution in [3.63, 3.8) is 0 Å². The second kappa shape index (κ2) is 3.62. The van der Waals surface area contributed by atoms with Gasteiger partial charge in [-0.05, 0) is 39.5 Å². The van der Waals surface area contributed by atoms with Gasteiger partial charge in [0.2, 0.25) is 0 Å². The Hall–Kier alpha value is -0.770. The Labute approximate surface area is 96.6 Å². The van der Waals surface area contributed by atoms with E-state index >= 15 is 0 Å². The van der Waals surface area contributed by atoms with Crippen LogP contribution in [0.15, 0.2) is 0 Å². The third kappa shape index (κ3) is 1.90. The first-order valence-electron chi connectivity index (χ1n) is 5.95. The third-order valence-corrected chi connectivity index (χ3v) is 3.74. The van der Waals surface area contributed by atoms with Crippen LogP contribution in [0, 0.1) is 11.3 Å². The lowest BCUT2D eigenvalue weighted by Gasteiger charge is -2.60. The minimum absolute atomic E-state index is 0.214. The molecule has 0 bridgehead atoms. The van der Waals surface area contributed by atoms with E-state index < -0.39 is 5.60 Å². The van der Waals surface area contributed by atoms with Gasteiger partial charge in [-0.15, -0.1) is 0 Å². The van der Waals surface area contributed by atoms with Crippen LogP contribution in [0.1, 0.15) is 33.6 Å². The third-order valence-electron chi connectivity index (χ3n) is 3.74. The van der Waals surface area contributed by atoms with Crippen LogP contribution in [0.3, 0.4) is 0 Å². The lowest BCUT2D eigenvalue weighted by Crippen LogP contribution is -2.66. The minimum atomic E-state index is -0.421. The fraction of sp³-hybridized carbons (Fsp3) is 0.917. The summed E-state index contributed by atoms with van der Waals surface area (Å²) in [6, 6.07) is 0. The lowest BCUT2D eigenvalue weighted by molar-refractivity contribution is -0.125. The summed E-state index contributed by atoms with van der Waals surface area (Å²) in [5, 5.41) is 9.16. The Kier molecular flexibility index (Phi) is 2.65. The van der Waals surface area contributed by atoms with E-state index in [1.165, 1.54) is 0 Å². The van der Waals surface area contributed by atoms with Gasteiger partial charge in [0.25, 0.3) is 0 Å². The lowest BCUT2D eigenvalue weighted by atomic mass is 9.56. The molecule has 1 aliphatic carbocycles. The maximum Gasteiger partial charge on any atom is 0.410 e. The Morgan fingerprint density at radius 2 is 2.12 bits per heavy atom. The maximum absolute atomic E-state index is 11.7. The zero-order valence-corrected chi connectivity index (χ0v) is 10.3. The molecular weight excluding hydrogens is 206 g/mol.